The highest BCUT2D eigenvalue weighted by Crippen LogP contribution is 2.15. The molecule has 0 heterocycles. The molecule has 6 nitrogen and oxygen atoms in total. The molecule has 0 spiro atoms. The molecular weight excluding hydrogens is 235 g/mol. The maximum absolute atomic E-state index is 10.3. The molecule has 0 bridgehead atoms. The molecule has 0 saturated heterocycles. The normalized spacial score (nSPS) is 19.1. The zero-order chi connectivity index (χ0) is 12.6. The van der Waals surface area contributed by atoms with Crippen LogP contribution in [0.4, 0.5) is 0 Å². The maximum Gasteiger partial charge on any atom is 0.316 e. The first-order valence-electron chi connectivity index (χ1n) is 5.18. The lowest BCUT2D eigenvalue weighted by molar-refractivity contribution is -0.0601. The number of rotatable bonds is 9. The van der Waals surface area contributed by atoms with E-state index in [1.165, 1.54) is 0 Å². The van der Waals surface area contributed by atoms with Crippen molar-refractivity contribution in [2.24, 2.45) is 0 Å². The molecule has 0 aromatic rings. The van der Waals surface area contributed by atoms with Crippen LogP contribution >= 0.6 is 8.25 Å². The third-order valence-electron chi connectivity index (χ3n) is 1.68. The van der Waals surface area contributed by atoms with Crippen LogP contribution in [0.5, 0.6) is 0 Å². The van der Waals surface area contributed by atoms with Gasteiger partial charge in [-0.05, 0) is 20.8 Å². The molecule has 0 rings (SSSR count). The van der Waals surface area contributed by atoms with Crippen LogP contribution in [0.1, 0.15) is 20.8 Å². The topological polar surface area (TPSA) is 85.2 Å². The quantitative estimate of drug-likeness (QED) is 0.587. The molecule has 0 aliphatic carbocycles. The van der Waals surface area contributed by atoms with E-state index in [1.807, 2.05) is 6.92 Å². The Morgan fingerprint density at radius 2 is 1.56 bits per heavy atom. The van der Waals surface area contributed by atoms with Gasteiger partial charge in [-0.2, -0.15) is 0 Å². The van der Waals surface area contributed by atoms with Crippen LogP contribution in [0.15, 0.2) is 0 Å². The van der Waals surface area contributed by atoms with E-state index in [0.29, 0.717) is 6.61 Å². The SMILES string of the molecule is CC(O)COC(C)COC(C)CO[PH](=O)O. The lowest BCUT2D eigenvalue weighted by Crippen LogP contribution is -2.25. The van der Waals surface area contributed by atoms with Gasteiger partial charge in [0.05, 0.1) is 38.1 Å². The summed E-state index contributed by atoms with van der Waals surface area (Å²) in [5, 5.41) is 8.98. The average Bonchev–Trinajstić information content (AvgIpc) is 2.20. The van der Waals surface area contributed by atoms with Crippen molar-refractivity contribution in [1.82, 2.24) is 0 Å². The molecule has 0 amide bonds. The van der Waals surface area contributed by atoms with Crippen LogP contribution in [0.2, 0.25) is 0 Å². The molecule has 0 saturated carbocycles. The van der Waals surface area contributed by atoms with Gasteiger partial charge in [0, 0.05) is 0 Å². The molecule has 98 valence electrons. The van der Waals surface area contributed by atoms with Crippen molar-refractivity contribution in [3.05, 3.63) is 0 Å². The Bertz CT molecular complexity index is 198. The van der Waals surface area contributed by atoms with Gasteiger partial charge in [-0.3, -0.25) is 4.57 Å². The molecule has 16 heavy (non-hydrogen) atoms. The molecule has 2 N–H and O–H groups in total. The highest BCUT2D eigenvalue weighted by atomic mass is 31.1. The van der Waals surface area contributed by atoms with E-state index in [0.717, 1.165) is 0 Å². The van der Waals surface area contributed by atoms with E-state index in [1.54, 1.807) is 13.8 Å². The zero-order valence-corrected chi connectivity index (χ0v) is 10.9. The number of hydrogen-bond acceptors (Lipinski definition) is 5. The van der Waals surface area contributed by atoms with Gasteiger partial charge in [0.2, 0.25) is 0 Å². The largest absolute Gasteiger partial charge is 0.391 e. The van der Waals surface area contributed by atoms with Crippen molar-refractivity contribution in [1.29, 1.82) is 0 Å². The number of hydrogen-bond donors (Lipinski definition) is 2. The Balaban J connectivity index is 3.50. The van der Waals surface area contributed by atoms with E-state index < -0.39 is 14.4 Å². The van der Waals surface area contributed by atoms with E-state index in [4.69, 9.17) is 19.5 Å². The van der Waals surface area contributed by atoms with Gasteiger partial charge < -0.3 is 24.0 Å². The second kappa shape index (κ2) is 9.10. The Morgan fingerprint density at radius 1 is 1.06 bits per heavy atom. The minimum absolute atomic E-state index is 0.0808. The smallest absolute Gasteiger partial charge is 0.316 e. The molecule has 0 aliphatic rings. The van der Waals surface area contributed by atoms with E-state index >= 15 is 0 Å². The van der Waals surface area contributed by atoms with Crippen LogP contribution in [-0.2, 0) is 18.6 Å². The first-order valence-corrected chi connectivity index (χ1v) is 6.45. The standard InChI is InChI=1S/C9H21O6P/c1-7(10)4-13-8(2)5-14-9(3)6-15-16(11)12/h7-10,16H,4-6H2,1-3H3,(H,11,12). The van der Waals surface area contributed by atoms with Gasteiger partial charge in [-0.1, -0.05) is 0 Å². The predicted molar refractivity (Wildman–Crippen MR) is 59.7 cm³/mol. The summed E-state index contributed by atoms with van der Waals surface area (Å²) < 4.78 is 25.4. The Hall–Kier alpha value is 0.0300. The molecule has 0 aromatic carbocycles. The van der Waals surface area contributed by atoms with Gasteiger partial charge in [-0.25, -0.2) is 0 Å². The Kier molecular flexibility index (Phi) is 9.12. The van der Waals surface area contributed by atoms with Crippen molar-refractivity contribution in [2.45, 2.75) is 39.1 Å². The van der Waals surface area contributed by atoms with Gasteiger partial charge >= 0.3 is 8.25 Å². The maximum atomic E-state index is 10.3. The summed E-state index contributed by atoms with van der Waals surface area (Å²) in [4.78, 5) is 8.44. The van der Waals surface area contributed by atoms with Crippen LogP contribution < -0.4 is 0 Å². The molecular formula is C9H21O6P. The number of ether oxygens (including phenoxy) is 2. The first kappa shape index (κ1) is 16.0. The second-order valence-corrected chi connectivity index (χ2v) is 4.53. The fourth-order valence-corrected chi connectivity index (χ4v) is 1.27. The molecule has 4 atom stereocenters. The summed E-state index contributed by atoms with van der Waals surface area (Å²) in [5.74, 6) is 0. The van der Waals surface area contributed by atoms with Gasteiger partial charge in [-0.15, -0.1) is 0 Å². The lowest BCUT2D eigenvalue weighted by Gasteiger charge is -2.17. The Labute approximate surface area is 96.5 Å². The second-order valence-electron chi connectivity index (χ2n) is 3.71. The average molecular weight is 256 g/mol. The minimum Gasteiger partial charge on any atom is -0.391 e. The molecule has 7 heteroatoms. The third-order valence-corrected chi connectivity index (χ3v) is 2.09. The van der Waals surface area contributed by atoms with Crippen LogP contribution in [0.25, 0.3) is 0 Å². The summed E-state index contributed by atoms with van der Waals surface area (Å²) in [6, 6.07) is 0. The monoisotopic (exact) mass is 256 g/mol. The first-order chi connectivity index (χ1) is 7.41. The summed E-state index contributed by atoms with van der Waals surface area (Å²) in [5.41, 5.74) is 0. The highest BCUT2D eigenvalue weighted by molar-refractivity contribution is 7.32. The minimum atomic E-state index is -2.88. The van der Waals surface area contributed by atoms with Crippen molar-refractivity contribution < 1.29 is 28.6 Å². The molecule has 0 fully saturated rings. The molecule has 0 aliphatic heterocycles. The fraction of sp³-hybridized carbons (Fsp3) is 1.00. The summed E-state index contributed by atoms with van der Waals surface area (Å²) in [6.07, 6.45) is -0.898. The third kappa shape index (κ3) is 10.5. The Morgan fingerprint density at radius 3 is 2.06 bits per heavy atom. The van der Waals surface area contributed by atoms with Crippen molar-refractivity contribution in [2.75, 3.05) is 19.8 Å². The molecule has 0 aromatic heterocycles. The van der Waals surface area contributed by atoms with Crippen LogP contribution in [-0.4, -0.2) is 48.1 Å². The van der Waals surface area contributed by atoms with E-state index in [9.17, 15) is 4.57 Å². The zero-order valence-electron chi connectivity index (χ0n) is 9.88. The number of aliphatic hydroxyl groups is 1. The van der Waals surface area contributed by atoms with Crippen LogP contribution in [0.3, 0.4) is 0 Å². The van der Waals surface area contributed by atoms with Crippen LogP contribution in [0, 0.1) is 0 Å². The van der Waals surface area contributed by atoms with Crippen molar-refractivity contribution >= 4 is 8.25 Å². The summed E-state index contributed by atoms with van der Waals surface area (Å²) in [7, 11) is -2.88. The summed E-state index contributed by atoms with van der Waals surface area (Å²) >= 11 is 0. The van der Waals surface area contributed by atoms with Gasteiger partial charge in [0.25, 0.3) is 0 Å². The van der Waals surface area contributed by atoms with E-state index in [2.05, 4.69) is 4.52 Å². The highest BCUT2D eigenvalue weighted by Gasteiger charge is 2.09. The van der Waals surface area contributed by atoms with Crippen molar-refractivity contribution in [3.63, 3.8) is 0 Å². The number of aliphatic hydroxyl groups excluding tert-OH is 1. The van der Waals surface area contributed by atoms with Gasteiger partial charge in [0.15, 0.2) is 0 Å². The summed E-state index contributed by atoms with van der Waals surface area (Å²) in [6.45, 7) is 5.90. The molecule has 4 unspecified atom stereocenters. The fourth-order valence-electron chi connectivity index (χ4n) is 0.888. The van der Waals surface area contributed by atoms with Crippen molar-refractivity contribution in [3.8, 4) is 0 Å². The van der Waals surface area contributed by atoms with Gasteiger partial charge in [0.1, 0.15) is 0 Å². The lowest BCUT2D eigenvalue weighted by atomic mass is 10.4. The molecule has 0 radical (unpaired) electrons. The van der Waals surface area contributed by atoms with E-state index in [-0.39, 0.29) is 25.4 Å². The predicted octanol–water partition coefficient (Wildman–Crippen LogP) is 0.576.